The van der Waals surface area contributed by atoms with E-state index in [0.29, 0.717) is 10.9 Å². The lowest BCUT2D eigenvalue weighted by molar-refractivity contribution is 0.414. The van der Waals surface area contributed by atoms with E-state index in [4.69, 9.17) is 22.7 Å². The number of thiocarbonyl (C=S) groups is 1. The molecule has 3 heteroatoms. The topological polar surface area (TPSA) is 35.2 Å². The van der Waals surface area contributed by atoms with Crippen LogP contribution in [0.15, 0.2) is 12.1 Å². The molecule has 0 aliphatic heterocycles. The Morgan fingerprint density at radius 3 is 2.25 bits per heavy atom. The molecule has 0 aromatic heterocycles. The van der Waals surface area contributed by atoms with Crippen LogP contribution in [0.25, 0.3) is 0 Å². The molecule has 1 atom stereocenters. The van der Waals surface area contributed by atoms with Crippen molar-refractivity contribution in [2.45, 2.75) is 33.1 Å². The van der Waals surface area contributed by atoms with Crippen molar-refractivity contribution >= 4 is 17.2 Å². The minimum atomic E-state index is 0.364. The zero-order valence-corrected chi connectivity index (χ0v) is 11.1. The normalized spacial score (nSPS) is 12.2. The molecule has 1 aromatic rings. The third-order valence-electron chi connectivity index (χ3n) is 2.80. The SMILES string of the molecule is COc1cc(C)c(C(C)CC(N)=S)c(C)c1. The second-order valence-corrected chi connectivity index (χ2v) is 4.77. The molecule has 1 aromatic carbocycles. The van der Waals surface area contributed by atoms with Crippen LogP contribution in [0.5, 0.6) is 5.75 Å². The van der Waals surface area contributed by atoms with Crippen LogP contribution in [0.1, 0.15) is 36.0 Å². The second kappa shape index (κ2) is 5.30. The quantitative estimate of drug-likeness (QED) is 0.817. The number of hydrogen-bond acceptors (Lipinski definition) is 2. The van der Waals surface area contributed by atoms with Crippen molar-refractivity contribution in [3.05, 3.63) is 28.8 Å². The lowest BCUT2D eigenvalue weighted by atomic mass is 9.89. The van der Waals surface area contributed by atoms with E-state index >= 15 is 0 Å². The molecule has 1 rings (SSSR count). The lowest BCUT2D eigenvalue weighted by Crippen LogP contribution is -2.13. The van der Waals surface area contributed by atoms with Crippen molar-refractivity contribution in [2.75, 3.05) is 7.11 Å². The molecule has 0 saturated heterocycles. The Kier molecular flexibility index (Phi) is 4.30. The second-order valence-electron chi connectivity index (χ2n) is 4.25. The highest BCUT2D eigenvalue weighted by Crippen LogP contribution is 2.29. The Hall–Kier alpha value is -1.09. The molecule has 2 N–H and O–H groups in total. The molecule has 0 heterocycles. The number of hydrogen-bond donors (Lipinski definition) is 1. The summed E-state index contributed by atoms with van der Waals surface area (Å²) in [5, 5.41) is 0. The number of rotatable bonds is 4. The van der Waals surface area contributed by atoms with Crippen molar-refractivity contribution in [3.8, 4) is 5.75 Å². The maximum Gasteiger partial charge on any atom is 0.119 e. The molecular formula is C13H19NOS. The van der Waals surface area contributed by atoms with Crippen molar-refractivity contribution in [2.24, 2.45) is 5.73 Å². The van der Waals surface area contributed by atoms with E-state index < -0.39 is 0 Å². The van der Waals surface area contributed by atoms with Crippen molar-refractivity contribution < 1.29 is 4.74 Å². The van der Waals surface area contributed by atoms with Gasteiger partial charge >= 0.3 is 0 Å². The van der Waals surface area contributed by atoms with Crippen LogP contribution in [0.4, 0.5) is 0 Å². The first kappa shape index (κ1) is 13.0. The number of ether oxygens (including phenoxy) is 1. The van der Waals surface area contributed by atoms with Gasteiger partial charge in [0.05, 0.1) is 12.1 Å². The Morgan fingerprint density at radius 1 is 1.38 bits per heavy atom. The third-order valence-corrected chi connectivity index (χ3v) is 2.97. The molecule has 0 spiro atoms. The van der Waals surface area contributed by atoms with Gasteiger partial charge in [-0.3, -0.25) is 0 Å². The molecule has 0 saturated carbocycles. The minimum absolute atomic E-state index is 0.364. The molecular weight excluding hydrogens is 218 g/mol. The van der Waals surface area contributed by atoms with Crippen LogP contribution in [0, 0.1) is 13.8 Å². The molecule has 88 valence electrons. The zero-order valence-electron chi connectivity index (χ0n) is 10.3. The van der Waals surface area contributed by atoms with Gasteiger partial charge in [0.1, 0.15) is 5.75 Å². The molecule has 0 radical (unpaired) electrons. The first-order valence-corrected chi connectivity index (χ1v) is 5.80. The Bertz CT molecular complexity index is 378. The van der Waals surface area contributed by atoms with E-state index in [0.717, 1.165) is 12.2 Å². The van der Waals surface area contributed by atoms with E-state index in [1.807, 2.05) is 0 Å². The fraction of sp³-hybridized carbons (Fsp3) is 0.462. The fourth-order valence-electron chi connectivity index (χ4n) is 2.23. The van der Waals surface area contributed by atoms with Crippen molar-refractivity contribution in [1.29, 1.82) is 0 Å². The van der Waals surface area contributed by atoms with Gasteiger partial charge in [-0.15, -0.1) is 0 Å². The summed E-state index contributed by atoms with van der Waals surface area (Å²) in [7, 11) is 1.69. The van der Waals surface area contributed by atoms with Crippen LogP contribution in [-0.2, 0) is 0 Å². The van der Waals surface area contributed by atoms with Gasteiger partial charge in [0.15, 0.2) is 0 Å². The first-order chi connectivity index (χ1) is 7.45. The zero-order chi connectivity index (χ0) is 12.3. The standard InChI is InChI=1S/C13H19NOS/c1-8-5-11(15-4)6-9(2)13(8)10(3)7-12(14)16/h5-6,10H,7H2,1-4H3,(H2,14,16). The number of methoxy groups -OCH3 is 1. The predicted octanol–water partition coefficient (Wildman–Crippen LogP) is 3.09. The monoisotopic (exact) mass is 237 g/mol. The van der Waals surface area contributed by atoms with Gasteiger partial charge in [0.25, 0.3) is 0 Å². The lowest BCUT2D eigenvalue weighted by Gasteiger charge is -2.18. The van der Waals surface area contributed by atoms with Gasteiger partial charge in [0, 0.05) is 6.42 Å². The number of aryl methyl sites for hydroxylation is 2. The molecule has 0 aliphatic rings. The Morgan fingerprint density at radius 2 is 1.88 bits per heavy atom. The highest BCUT2D eigenvalue weighted by Gasteiger charge is 2.13. The van der Waals surface area contributed by atoms with Gasteiger partial charge in [-0.1, -0.05) is 19.1 Å². The van der Waals surface area contributed by atoms with Crippen LogP contribution in [0.3, 0.4) is 0 Å². The Labute approximate surface area is 103 Å². The molecule has 0 fully saturated rings. The minimum Gasteiger partial charge on any atom is -0.497 e. The number of benzene rings is 1. The summed E-state index contributed by atoms with van der Waals surface area (Å²) < 4.78 is 5.24. The Balaban J connectivity index is 3.08. The summed E-state index contributed by atoms with van der Waals surface area (Å²) in [6.45, 7) is 6.35. The third kappa shape index (κ3) is 2.95. The van der Waals surface area contributed by atoms with Gasteiger partial charge in [-0.2, -0.15) is 0 Å². The van der Waals surface area contributed by atoms with Crippen LogP contribution in [0.2, 0.25) is 0 Å². The van der Waals surface area contributed by atoms with Crippen molar-refractivity contribution in [1.82, 2.24) is 0 Å². The van der Waals surface area contributed by atoms with Gasteiger partial charge < -0.3 is 10.5 Å². The molecule has 0 bridgehead atoms. The molecule has 0 amide bonds. The predicted molar refractivity (Wildman–Crippen MR) is 72.3 cm³/mol. The van der Waals surface area contributed by atoms with E-state index in [2.05, 4.69) is 32.9 Å². The molecule has 0 aliphatic carbocycles. The van der Waals surface area contributed by atoms with Gasteiger partial charge in [-0.05, 0) is 48.6 Å². The molecule has 2 nitrogen and oxygen atoms in total. The summed E-state index contributed by atoms with van der Waals surface area (Å²) in [6, 6.07) is 4.11. The first-order valence-electron chi connectivity index (χ1n) is 5.39. The largest absolute Gasteiger partial charge is 0.497 e. The summed E-state index contributed by atoms with van der Waals surface area (Å²) >= 11 is 4.96. The van der Waals surface area contributed by atoms with Crippen LogP contribution in [-0.4, -0.2) is 12.1 Å². The van der Waals surface area contributed by atoms with Crippen LogP contribution >= 0.6 is 12.2 Å². The highest BCUT2D eigenvalue weighted by atomic mass is 32.1. The maximum absolute atomic E-state index is 5.59. The van der Waals surface area contributed by atoms with E-state index in [1.165, 1.54) is 16.7 Å². The summed E-state index contributed by atoms with van der Waals surface area (Å²) in [6.07, 6.45) is 0.753. The molecule has 16 heavy (non-hydrogen) atoms. The van der Waals surface area contributed by atoms with E-state index in [9.17, 15) is 0 Å². The average molecular weight is 237 g/mol. The maximum atomic E-state index is 5.59. The van der Waals surface area contributed by atoms with Gasteiger partial charge in [0.2, 0.25) is 0 Å². The van der Waals surface area contributed by atoms with Crippen LogP contribution < -0.4 is 10.5 Å². The van der Waals surface area contributed by atoms with Crippen molar-refractivity contribution in [3.63, 3.8) is 0 Å². The highest BCUT2D eigenvalue weighted by molar-refractivity contribution is 7.80. The average Bonchev–Trinajstić information content (AvgIpc) is 2.15. The van der Waals surface area contributed by atoms with E-state index in [-0.39, 0.29) is 0 Å². The molecule has 1 unspecified atom stereocenters. The summed E-state index contributed by atoms with van der Waals surface area (Å²) in [5.74, 6) is 1.27. The summed E-state index contributed by atoms with van der Waals surface area (Å²) in [5.41, 5.74) is 9.39. The summed E-state index contributed by atoms with van der Waals surface area (Å²) in [4.78, 5) is 0.571. The van der Waals surface area contributed by atoms with E-state index in [1.54, 1.807) is 7.11 Å². The van der Waals surface area contributed by atoms with Gasteiger partial charge in [-0.25, -0.2) is 0 Å². The number of nitrogens with two attached hydrogens (primary N) is 1. The smallest absolute Gasteiger partial charge is 0.119 e. The fourth-order valence-corrected chi connectivity index (χ4v) is 2.48.